The molecule has 4 aromatic rings. The lowest BCUT2D eigenvalue weighted by atomic mass is 10.1. The highest BCUT2D eigenvalue weighted by atomic mass is 16.7. The van der Waals surface area contributed by atoms with Gasteiger partial charge in [0.05, 0.1) is 25.6 Å². The Balaban J connectivity index is 1.41. The monoisotopic (exact) mass is 528 g/mol. The molecule has 10 nitrogen and oxygen atoms in total. The van der Waals surface area contributed by atoms with E-state index in [4.69, 9.17) is 23.9 Å². The van der Waals surface area contributed by atoms with Crippen molar-refractivity contribution in [2.75, 3.05) is 39.4 Å². The highest BCUT2D eigenvalue weighted by Gasteiger charge is 2.22. The Bertz CT molecular complexity index is 1500. The van der Waals surface area contributed by atoms with Gasteiger partial charge < -0.3 is 23.8 Å². The van der Waals surface area contributed by atoms with Crippen LogP contribution in [0, 0.1) is 0 Å². The normalized spacial score (nSPS) is 11.7. The minimum Gasteiger partial charge on any atom is -0.493 e. The Morgan fingerprint density at radius 1 is 0.974 bits per heavy atom. The van der Waals surface area contributed by atoms with Crippen LogP contribution in [-0.2, 0) is 4.79 Å². The lowest BCUT2D eigenvalue weighted by molar-refractivity contribution is -0.116. The van der Waals surface area contributed by atoms with Gasteiger partial charge >= 0.3 is 0 Å². The van der Waals surface area contributed by atoms with Crippen molar-refractivity contribution in [3.8, 4) is 39.9 Å². The van der Waals surface area contributed by atoms with E-state index in [-0.39, 0.29) is 19.2 Å². The van der Waals surface area contributed by atoms with Gasteiger partial charge in [-0.3, -0.25) is 19.5 Å². The number of carbonyl (C=O) groups excluding carboxylic acids is 2. The number of amides is 2. The summed E-state index contributed by atoms with van der Waals surface area (Å²) in [6.07, 6.45) is 1.83. The molecule has 0 spiro atoms. The van der Waals surface area contributed by atoms with Crippen molar-refractivity contribution in [1.29, 1.82) is 0 Å². The third kappa shape index (κ3) is 5.35. The summed E-state index contributed by atoms with van der Waals surface area (Å²) >= 11 is 0. The molecule has 2 heterocycles. The molecule has 0 fully saturated rings. The molecule has 10 heteroatoms. The fraction of sp³-hybridized carbons (Fsp3) is 0.207. The van der Waals surface area contributed by atoms with E-state index in [1.54, 1.807) is 49.1 Å². The van der Waals surface area contributed by atoms with Gasteiger partial charge in [0, 0.05) is 29.9 Å². The first-order valence-corrected chi connectivity index (χ1v) is 12.4. The third-order valence-electron chi connectivity index (χ3n) is 6.29. The number of likely N-dealkylation sites (N-methyl/N-ethyl adjacent to an activating group) is 1. The summed E-state index contributed by atoms with van der Waals surface area (Å²) in [5.74, 6) is 1.83. The number of rotatable bonds is 9. The van der Waals surface area contributed by atoms with Gasteiger partial charge in [0.15, 0.2) is 23.0 Å². The highest BCUT2D eigenvalue weighted by Crippen LogP contribution is 2.33. The molecule has 1 aliphatic heterocycles. The topological polar surface area (TPSA) is 104 Å². The molecule has 1 aliphatic rings. The number of aromatic nitrogens is 2. The van der Waals surface area contributed by atoms with Crippen LogP contribution in [-0.4, -0.2) is 60.4 Å². The number of benzene rings is 3. The second kappa shape index (κ2) is 11.2. The Labute approximate surface area is 225 Å². The van der Waals surface area contributed by atoms with Crippen molar-refractivity contribution in [3.63, 3.8) is 0 Å². The third-order valence-corrected chi connectivity index (χ3v) is 6.29. The standard InChI is InChI=1S/C29H28N4O6/c1-4-32(28(35)20-10-12-24-26(14-20)39-18-38-24)17-27(34)31-29-30-22(19-8-6-5-7-9-19)16-33(29)21-11-13-23(36-2)25(15-21)37-3/h5-16H,4,17-18H2,1-3H3,(H,30,31,34). The van der Waals surface area contributed by atoms with Crippen LogP contribution in [0.15, 0.2) is 72.9 Å². The van der Waals surface area contributed by atoms with Gasteiger partial charge in [0.1, 0.15) is 6.54 Å². The molecule has 200 valence electrons. The summed E-state index contributed by atoms with van der Waals surface area (Å²) in [4.78, 5) is 32.5. The maximum absolute atomic E-state index is 13.2. The Morgan fingerprint density at radius 3 is 2.49 bits per heavy atom. The van der Waals surface area contributed by atoms with Crippen molar-refractivity contribution >= 4 is 17.8 Å². The first kappa shape index (κ1) is 25.7. The van der Waals surface area contributed by atoms with Crippen LogP contribution < -0.4 is 24.3 Å². The fourth-order valence-corrected chi connectivity index (χ4v) is 4.26. The summed E-state index contributed by atoms with van der Waals surface area (Å²) < 4.78 is 23.3. The molecule has 0 atom stereocenters. The molecule has 0 bridgehead atoms. The zero-order chi connectivity index (χ0) is 27.4. The SMILES string of the molecule is CCN(CC(=O)Nc1nc(-c2ccccc2)cn1-c1ccc(OC)c(OC)c1)C(=O)c1ccc2c(c1)OCO2. The van der Waals surface area contributed by atoms with E-state index in [9.17, 15) is 9.59 Å². The molecule has 0 saturated carbocycles. The predicted molar refractivity (Wildman–Crippen MR) is 145 cm³/mol. The lowest BCUT2D eigenvalue weighted by Gasteiger charge is -2.20. The van der Waals surface area contributed by atoms with Crippen molar-refractivity contribution in [1.82, 2.24) is 14.5 Å². The summed E-state index contributed by atoms with van der Waals surface area (Å²) in [5.41, 5.74) is 2.68. The van der Waals surface area contributed by atoms with E-state index in [1.165, 1.54) is 4.90 Å². The maximum atomic E-state index is 13.2. The van der Waals surface area contributed by atoms with E-state index < -0.39 is 5.91 Å². The smallest absolute Gasteiger partial charge is 0.254 e. The predicted octanol–water partition coefficient (Wildman–Crippen LogP) is 4.39. The number of methoxy groups -OCH3 is 2. The summed E-state index contributed by atoms with van der Waals surface area (Å²) in [6.45, 7) is 2.10. The maximum Gasteiger partial charge on any atom is 0.254 e. The molecule has 1 aromatic heterocycles. The van der Waals surface area contributed by atoms with Gasteiger partial charge in [0.2, 0.25) is 18.6 Å². The van der Waals surface area contributed by atoms with Crippen LogP contribution in [0.3, 0.4) is 0 Å². The lowest BCUT2D eigenvalue weighted by Crippen LogP contribution is -2.38. The average Bonchev–Trinajstić information content (AvgIpc) is 3.62. The molecule has 3 aromatic carbocycles. The Morgan fingerprint density at radius 2 is 1.74 bits per heavy atom. The van der Waals surface area contributed by atoms with Crippen LogP contribution >= 0.6 is 0 Å². The molecule has 0 aliphatic carbocycles. The first-order chi connectivity index (χ1) is 19.0. The fourth-order valence-electron chi connectivity index (χ4n) is 4.26. The van der Waals surface area contributed by atoms with Gasteiger partial charge in [-0.2, -0.15) is 0 Å². The average molecular weight is 529 g/mol. The Kier molecular flexibility index (Phi) is 7.35. The molecule has 2 amide bonds. The van der Waals surface area contributed by atoms with Crippen LogP contribution in [0.1, 0.15) is 17.3 Å². The largest absolute Gasteiger partial charge is 0.493 e. The quantitative estimate of drug-likeness (QED) is 0.344. The van der Waals surface area contributed by atoms with E-state index in [1.807, 2.05) is 49.5 Å². The summed E-state index contributed by atoms with van der Waals surface area (Å²) in [5, 5.41) is 2.88. The molecule has 39 heavy (non-hydrogen) atoms. The summed E-state index contributed by atoms with van der Waals surface area (Å²) in [7, 11) is 3.13. The number of imidazole rings is 1. The van der Waals surface area contributed by atoms with Gasteiger partial charge in [-0.1, -0.05) is 30.3 Å². The number of hydrogen-bond donors (Lipinski definition) is 1. The number of anilines is 1. The molecule has 5 rings (SSSR count). The van der Waals surface area contributed by atoms with Gasteiger partial charge in [-0.25, -0.2) is 4.98 Å². The molecule has 0 radical (unpaired) electrons. The van der Waals surface area contributed by atoms with E-state index in [2.05, 4.69) is 5.32 Å². The van der Waals surface area contributed by atoms with Gasteiger partial charge in [0.25, 0.3) is 5.91 Å². The number of fused-ring (bicyclic) bond motifs is 1. The second-order valence-corrected chi connectivity index (χ2v) is 8.66. The number of hydrogen-bond acceptors (Lipinski definition) is 7. The van der Waals surface area contributed by atoms with Gasteiger partial charge in [-0.15, -0.1) is 0 Å². The highest BCUT2D eigenvalue weighted by molar-refractivity contribution is 5.99. The van der Waals surface area contributed by atoms with Gasteiger partial charge in [-0.05, 0) is 37.3 Å². The van der Waals surface area contributed by atoms with Crippen molar-refractivity contribution in [2.45, 2.75) is 6.92 Å². The van der Waals surface area contributed by atoms with Crippen LogP contribution in [0.5, 0.6) is 23.0 Å². The van der Waals surface area contributed by atoms with Crippen LogP contribution in [0.25, 0.3) is 16.9 Å². The van der Waals surface area contributed by atoms with E-state index in [0.717, 1.165) is 5.56 Å². The minimum atomic E-state index is -0.391. The van der Waals surface area contributed by atoms with Crippen molar-refractivity contribution in [2.24, 2.45) is 0 Å². The molecule has 1 N–H and O–H groups in total. The molecule has 0 saturated heterocycles. The van der Waals surface area contributed by atoms with Crippen molar-refractivity contribution < 1.29 is 28.5 Å². The van der Waals surface area contributed by atoms with Crippen molar-refractivity contribution in [3.05, 3.63) is 78.5 Å². The van der Waals surface area contributed by atoms with E-state index >= 15 is 0 Å². The minimum absolute atomic E-state index is 0.116. The number of nitrogens with zero attached hydrogens (tertiary/aromatic N) is 3. The molecular weight excluding hydrogens is 500 g/mol. The Hall–Kier alpha value is -4.99. The molecule has 0 unspecified atom stereocenters. The second-order valence-electron chi connectivity index (χ2n) is 8.66. The first-order valence-electron chi connectivity index (χ1n) is 12.4. The number of ether oxygens (including phenoxy) is 4. The molecular formula is C29H28N4O6. The number of carbonyl (C=O) groups is 2. The number of nitrogens with one attached hydrogen (secondary N) is 1. The van der Waals surface area contributed by atoms with Crippen LogP contribution in [0.4, 0.5) is 5.95 Å². The van der Waals surface area contributed by atoms with E-state index in [0.29, 0.717) is 52.4 Å². The zero-order valence-corrected chi connectivity index (χ0v) is 21.8. The zero-order valence-electron chi connectivity index (χ0n) is 21.8. The summed E-state index contributed by atoms with van der Waals surface area (Å²) in [6, 6.07) is 20.0. The van der Waals surface area contributed by atoms with Crippen LogP contribution in [0.2, 0.25) is 0 Å².